The summed E-state index contributed by atoms with van der Waals surface area (Å²) in [5, 5.41) is 10.0. The Kier molecular flexibility index (Phi) is 5.42. The maximum atomic E-state index is 12.1. The number of carbonyl (C=O) groups is 3. The van der Waals surface area contributed by atoms with Crippen LogP contribution < -0.4 is 11.1 Å². The second kappa shape index (κ2) is 7.09. The molecule has 114 valence electrons. The van der Waals surface area contributed by atoms with Crippen molar-refractivity contribution in [3.8, 4) is 0 Å². The third-order valence-corrected chi connectivity index (χ3v) is 5.72. The highest BCUT2D eigenvalue weighted by Crippen LogP contribution is 2.31. The Morgan fingerprint density at radius 3 is 2.81 bits per heavy atom. The third-order valence-electron chi connectivity index (χ3n) is 2.47. The van der Waals surface area contributed by atoms with Crippen LogP contribution in [0.5, 0.6) is 0 Å². The molecular formula is C10H13N5O3S3. The lowest BCUT2D eigenvalue weighted by molar-refractivity contribution is -0.126. The van der Waals surface area contributed by atoms with Gasteiger partial charge in [0, 0.05) is 13.1 Å². The number of rotatable bonds is 6. The van der Waals surface area contributed by atoms with E-state index in [4.69, 9.17) is 5.73 Å². The van der Waals surface area contributed by atoms with E-state index < -0.39 is 11.2 Å². The van der Waals surface area contributed by atoms with Crippen molar-refractivity contribution < 1.29 is 14.4 Å². The first kappa shape index (κ1) is 16.0. The van der Waals surface area contributed by atoms with E-state index in [1.54, 1.807) is 6.92 Å². The summed E-state index contributed by atoms with van der Waals surface area (Å²) in [6.45, 7) is 2.59. The van der Waals surface area contributed by atoms with Crippen molar-refractivity contribution >= 4 is 52.7 Å². The molecule has 1 aliphatic rings. The Balaban J connectivity index is 1.90. The maximum Gasteiger partial charge on any atom is 0.324 e. The fourth-order valence-corrected chi connectivity index (χ4v) is 4.50. The highest BCUT2D eigenvalue weighted by molar-refractivity contribution is 8.04. The molecule has 0 spiro atoms. The number of carbonyl (C=O) groups excluding carboxylic acids is 3. The van der Waals surface area contributed by atoms with E-state index in [0.29, 0.717) is 21.8 Å². The molecule has 0 aromatic carbocycles. The normalized spacial score (nSPS) is 15.9. The van der Waals surface area contributed by atoms with Gasteiger partial charge in [0.2, 0.25) is 11.8 Å². The summed E-state index contributed by atoms with van der Waals surface area (Å²) < 4.78 is 1.23. The molecule has 11 heteroatoms. The lowest BCUT2D eigenvalue weighted by Crippen LogP contribution is -2.38. The van der Waals surface area contributed by atoms with Gasteiger partial charge in [0.25, 0.3) is 0 Å². The van der Waals surface area contributed by atoms with Crippen LogP contribution in [0.4, 0.5) is 4.79 Å². The number of urea groups is 1. The van der Waals surface area contributed by atoms with Crippen molar-refractivity contribution in [3.63, 3.8) is 0 Å². The summed E-state index contributed by atoms with van der Waals surface area (Å²) >= 11 is 3.74. The Labute approximate surface area is 133 Å². The monoisotopic (exact) mass is 347 g/mol. The summed E-state index contributed by atoms with van der Waals surface area (Å²) in [5.74, 6) is -0.536. The molecule has 0 saturated carbocycles. The van der Waals surface area contributed by atoms with Gasteiger partial charge in [-0.1, -0.05) is 34.9 Å². The largest absolute Gasteiger partial charge is 0.369 e. The minimum Gasteiger partial charge on any atom is -0.369 e. The van der Waals surface area contributed by atoms with Crippen LogP contribution in [0.2, 0.25) is 0 Å². The van der Waals surface area contributed by atoms with Crippen LogP contribution in [0, 0.1) is 0 Å². The molecule has 3 N–H and O–H groups in total. The van der Waals surface area contributed by atoms with Crippen LogP contribution in [0.3, 0.4) is 0 Å². The number of nitrogens with zero attached hydrogens (tertiary/aromatic N) is 3. The van der Waals surface area contributed by atoms with Crippen molar-refractivity contribution in [1.29, 1.82) is 0 Å². The number of imide groups is 1. The molecule has 1 aliphatic heterocycles. The van der Waals surface area contributed by atoms with Crippen molar-refractivity contribution in [1.82, 2.24) is 20.4 Å². The van der Waals surface area contributed by atoms with Crippen LogP contribution >= 0.6 is 34.9 Å². The Morgan fingerprint density at radius 2 is 2.19 bits per heavy atom. The first-order valence-corrected chi connectivity index (χ1v) is 8.66. The number of hydrogen-bond acceptors (Lipinski definition) is 8. The molecule has 2 heterocycles. The van der Waals surface area contributed by atoms with Gasteiger partial charge in [-0.05, 0) is 6.92 Å². The topological polar surface area (TPSA) is 118 Å². The minimum absolute atomic E-state index is 0.141. The predicted molar refractivity (Wildman–Crippen MR) is 80.3 cm³/mol. The van der Waals surface area contributed by atoms with Gasteiger partial charge >= 0.3 is 6.03 Å². The number of nitrogens with two attached hydrogens (primary N) is 1. The van der Waals surface area contributed by atoms with Gasteiger partial charge < -0.3 is 11.1 Å². The van der Waals surface area contributed by atoms with Crippen LogP contribution in [0.15, 0.2) is 8.68 Å². The second-order valence-electron chi connectivity index (χ2n) is 4.07. The molecule has 21 heavy (non-hydrogen) atoms. The van der Waals surface area contributed by atoms with Crippen molar-refractivity contribution in [2.75, 3.05) is 18.8 Å². The van der Waals surface area contributed by atoms with E-state index in [0.717, 1.165) is 0 Å². The fourth-order valence-electron chi connectivity index (χ4n) is 1.54. The Hall–Kier alpha value is -1.33. The number of thioether (sulfide) groups is 2. The van der Waals surface area contributed by atoms with Crippen molar-refractivity contribution in [2.45, 2.75) is 20.9 Å². The maximum absolute atomic E-state index is 12.1. The van der Waals surface area contributed by atoms with Gasteiger partial charge in [0.05, 0.1) is 11.0 Å². The Morgan fingerprint density at radius 1 is 1.48 bits per heavy atom. The van der Waals surface area contributed by atoms with E-state index >= 15 is 0 Å². The van der Waals surface area contributed by atoms with Crippen LogP contribution in [-0.4, -0.2) is 57.0 Å². The zero-order valence-electron chi connectivity index (χ0n) is 11.1. The van der Waals surface area contributed by atoms with Gasteiger partial charge in [0.15, 0.2) is 8.68 Å². The van der Waals surface area contributed by atoms with Crippen LogP contribution in [-0.2, 0) is 9.59 Å². The molecule has 0 aliphatic carbocycles. The number of nitrogens with one attached hydrogen (secondary N) is 1. The van der Waals surface area contributed by atoms with Crippen molar-refractivity contribution in [2.24, 2.45) is 5.73 Å². The molecule has 0 unspecified atom stereocenters. The molecule has 1 atom stereocenters. The number of amides is 4. The van der Waals surface area contributed by atoms with Gasteiger partial charge in [-0.2, -0.15) is 0 Å². The van der Waals surface area contributed by atoms with Crippen molar-refractivity contribution in [3.05, 3.63) is 0 Å². The summed E-state index contributed by atoms with van der Waals surface area (Å²) in [4.78, 5) is 35.4. The standard InChI is InChI=1S/C10H13N5O3S3/c1-5(7(17)15-3-2-12-8(15)18)20-10-14-13-9(21-10)19-4-6(11)16/h5H,2-4H2,1H3,(H2,11,16)(H,12,18)/t5-/m0/s1. The molecule has 1 aromatic heterocycles. The Bertz CT molecular complexity index is 564. The van der Waals surface area contributed by atoms with Crippen LogP contribution in [0.25, 0.3) is 0 Å². The molecule has 2 rings (SSSR count). The molecule has 1 fully saturated rings. The number of aromatic nitrogens is 2. The molecule has 8 nitrogen and oxygen atoms in total. The molecule has 1 aromatic rings. The van der Waals surface area contributed by atoms with Crippen LogP contribution in [0.1, 0.15) is 6.92 Å². The van der Waals surface area contributed by atoms with E-state index in [1.165, 1.54) is 39.8 Å². The zero-order valence-corrected chi connectivity index (χ0v) is 13.5. The SMILES string of the molecule is C[C@H](Sc1nnc(SCC(N)=O)s1)C(=O)N1CCNC1=O. The fraction of sp³-hybridized carbons (Fsp3) is 0.500. The summed E-state index contributed by atoms with van der Waals surface area (Å²) in [6.07, 6.45) is 0. The smallest absolute Gasteiger partial charge is 0.324 e. The molecule has 0 bridgehead atoms. The summed E-state index contributed by atoms with van der Waals surface area (Å²) in [7, 11) is 0. The highest BCUT2D eigenvalue weighted by atomic mass is 32.2. The highest BCUT2D eigenvalue weighted by Gasteiger charge is 2.30. The number of hydrogen-bond donors (Lipinski definition) is 2. The quantitative estimate of drug-likeness (QED) is 0.703. The average Bonchev–Trinajstić information content (AvgIpc) is 3.04. The molecule has 0 radical (unpaired) electrons. The second-order valence-corrected chi connectivity index (χ2v) is 7.86. The number of primary amides is 1. The third kappa shape index (κ3) is 4.32. The summed E-state index contributed by atoms with van der Waals surface area (Å²) in [5.41, 5.74) is 5.05. The average molecular weight is 347 g/mol. The minimum atomic E-state index is -0.434. The molecular weight excluding hydrogens is 334 g/mol. The molecule has 1 saturated heterocycles. The van der Waals surface area contributed by atoms with E-state index in [-0.39, 0.29) is 17.7 Å². The van der Waals surface area contributed by atoms with E-state index in [1.807, 2.05) is 0 Å². The first-order chi connectivity index (χ1) is 9.97. The van der Waals surface area contributed by atoms with E-state index in [2.05, 4.69) is 15.5 Å². The van der Waals surface area contributed by atoms with E-state index in [9.17, 15) is 14.4 Å². The van der Waals surface area contributed by atoms with Gasteiger partial charge in [-0.3, -0.25) is 14.5 Å². The zero-order chi connectivity index (χ0) is 15.4. The van der Waals surface area contributed by atoms with Gasteiger partial charge in [0.1, 0.15) is 0 Å². The summed E-state index contributed by atoms with van der Waals surface area (Å²) in [6, 6.07) is -0.359. The lowest BCUT2D eigenvalue weighted by Gasteiger charge is -2.16. The lowest BCUT2D eigenvalue weighted by atomic mass is 10.4. The first-order valence-electron chi connectivity index (χ1n) is 5.98. The van der Waals surface area contributed by atoms with Gasteiger partial charge in [-0.25, -0.2) is 4.79 Å². The molecule has 4 amide bonds. The van der Waals surface area contributed by atoms with Gasteiger partial charge in [-0.15, -0.1) is 10.2 Å². The predicted octanol–water partition coefficient (Wildman–Crippen LogP) is 0.148.